The molecule has 0 aliphatic carbocycles. The van der Waals surface area contributed by atoms with Gasteiger partial charge in [0.2, 0.25) is 0 Å². The van der Waals surface area contributed by atoms with Crippen LogP contribution < -0.4 is 5.32 Å². The summed E-state index contributed by atoms with van der Waals surface area (Å²) in [6.45, 7) is 3.15. The second-order valence-corrected chi connectivity index (χ2v) is 6.34. The van der Waals surface area contributed by atoms with Crippen molar-refractivity contribution in [2.24, 2.45) is 0 Å². The van der Waals surface area contributed by atoms with E-state index in [2.05, 4.69) is 24.4 Å². The maximum absolute atomic E-state index is 11.1. The van der Waals surface area contributed by atoms with Crippen molar-refractivity contribution in [2.75, 3.05) is 20.2 Å². The van der Waals surface area contributed by atoms with Crippen LogP contribution >= 0.6 is 0 Å². The topological polar surface area (TPSA) is 38.3 Å². The summed E-state index contributed by atoms with van der Waals surface area (Å²) < 4.78 is 5.08. The van der Waals surface area contributed by atoms with Crippen molar-refractivity contribution in [3.05, 3.63) is 12.2 Å². The number of hydrogen-bond donors (Lipinski definition) is 1. The maximum atomic E-state index is 11.1. The monoisotopic (exact) mass is 325 g/mol. The van der Waals surface area contributed by atoms with Gasteiger partial charge in [-0.05, 0) is 39.2 Å². The molecule has 0 heterocycles. The van der Waals surface area contributed by atoms with E-state index in [0.29, 0.717) is 13.2 Å². The Balaban J connectivity index is 3.12. The van der Waals surface area contributed by atoms with Gasteiger partial charge in [-0.2, -0.15) is 0 Å². The molecule has 136 valence electrons. The predicted molar refractivity (Wildman–Crippen MR) is 99.7 cm³/mol. The van der Waals surface area contributed by atoms with Crippen LogP contribution in [-0.4, -0.2) is 26.2 Å². The van der Waals surface area contributed by atoms with E-state index in [9.17, 15) is 4.79 Å². The molecule has 0 radical (unpaired) electrons. The Hall–Kier alpha value is -0.830. The highest BCUT2D eigenvalue weighted by Crippen LogP contribution is 2.09. The van der Waals surface area contributed by atoms with Gasteiger partial charge in [-0.1, -0.05) is 70.4 Å². The van der Waals surface area contributed by atoms with Gasteiger partial charge in [0.15, 0.2) is 0 Å². The van der Waals surface area contributed by atoms with Crippen LogP contribution in [0.2, 0.25) is 0 Å². The van der Waals surface area contributed by atoms with E-state index in [1.165, 1.54) is 70.6 Å². The van der Waals surface area contributed by atoms with Crippen LogP contribution in [0.5, 0.6) is 0 Å². The molecule has 0 atom stereocenters. The number of nitrogens with one attached hydrogen (secondary N) is 1. The van der Waals surface area contributed by atoms with Gasteiger partial charge in [-0.15, -0.1) is 0 Å². The molecule has 3 heteroatoms. The van der Waals surface area contributed by atoms with Crippen LogP contribution in [0.25, 0.3) is 0 Å². The average Bonchev–Trinajstić information content (AvgIpc) is 2.54. The molecule has 0 aromatic rings. The van der Waals surface area contributed by atoms with E-state index in [1.54, 1.807) is 7.05 Å². The predicted octanol–water partition coefficient (Wildman–Crippen LogP) is 5.40. The summed E-state index contributed by atoms with van der Waals surface area (Å²) in [5.74, 6) is -0.150. The summed E-state index contributed by atoms with van der Waals surface area (Å²) in [4.78, 5) is 11.1. The van der Waals surface area contributed by atoms with Crippen molar-refractivity contribution >= 4 is 5.97 Å². The fourth-order valence-corrected chi connectivity index (χ4v) is 2.55. The molecule has 0 aliphatic rings. The van der Waals surface area contributed by atoms with Gasteiger partial charge in [0.25, 0.3) is 0 Å². The molecule has 23 heavy (non-hydrogen) atoms. The lowest BCUT2D eigenvalue weighted by Crippen LogP contribution is -2.21. The van der Waals surface area contributed by atoms with Gasteiger partial charge in [-0.3, -0.25) is 4.79 Å². The maximum Gasteiger partial charge on any atom is 0.319 e. The molecule has 0 aliphatic heterocycles. The zero-order chi connectivity index (χ0) is 17.0. The number of carbonyl (C=O) groups is 1. The Bertz CT molecular complexity index is 277. The molecule has 1 N–H and O–H groups in total. The molecular weight excluding hydrogens is 286 g/mol. The largest absolute Gasteiger partial charge is 0.465 e. The van der Waals surface area contributed by atoms with Crippen molar-refractivity contribution in [3.8, 4) is 0 Å². The van der Waals surface area contributed by atoms with Gasteiger partial charge < -0.3 is 10.1 Å². The molecule has 0 spiro atoms. The minimum Gasteiger partial charge on any atom is -0.465 e. The first-order chi connectivity index (χ1) is 11.3. The van der Waals surface area contributed by atoms with Gasteiger partial charge >= 0.3 is 5.97 Å². The van der Waals surface area contributed by atoms with E-state index in [1.807, 2.05) is 0 Å². The van der Waals surface area contributed by atoms with Crippen molar-refractivity contribution in [1.82, 2.24) is 5.32 Å². The zero-order valence-corrected chi connectivity index (χ0v) is 15.6. The normalized spacial score (nSPS) is 11.2. The third-order valence-corrected chi connectivity index (χ3v) is 3.99. The highest BCUT2D eigenvalue weighted by atomic mass is 16.5. The summed E-state index contributed by atoms with van der Waals surface area (Å²) in [7, 11) is 1.75. The molecule has 0 saturated heterocycles. The van der Waals surface area contributed by atoms with Crippen LogP contribution in [-0.2, 0) is 9.53 Å². The Morgan fingerprint density at radius 3 is 1.91 bits per heavy atom. The molecule has 0 amide bonds. The average molecular weight is 326 g/mol. The van der Waals surface area contributed by atoms with Crippen molar-refractivity contribution in [3.63, 3.8) is 0 Å². The Kier molecular flexibility index (Phi) is 18.5. The molecular formula is C20H39NO2. The summed E-state index contributed by atoms with van der Waals surface area (Å²) >= 11 is 0. The summed E-state index contributed by atoms with van der Waals surface area (Å²) in [6.07, 6.45) is 21.4. The minimum absolute atomic E-state index is 0.150. The minimum atomic E-state index is -0.150. The molecule has 0 fully saturated rings. The number of carbonyl (C=O) groups excluding carboxylic acids is 1. The molecule has 0 aromatic heterocycles. The smallest absolute Gasteiger partial charge is 0.319 e. The molecule has 0 unspecified atom stereocenters. The third-order valence-electron chi connectivity index (χ3n) is 3.99. The number of ether oxygens (including phenoxy) is 1. The number of allylic oxidation sites excluding steroid dienone is 2. The van der Waals surface area contributed by atoms with Crippen molar-refractivity contribution < 1.29 is 9.53 Å². The lowest BCUT2D eigenvalue weighted by Gasteiger charge is -2.04. The van der Waals surface area contributed by atoms with Crippen LogP contribution in [0.4, 0.5) is 0 Å². The van der Waals surface area contributed by atoms with Crippen molar-refractivity contribution in [1.29, 1.82) is 0 Å². The lowest BCUT2D eigenvalue weighted by atomic mass is 10.1. The van der Waals surface area contributed by atoms with E-state index >= 15 is 0 Å². The van der Waals surface area contributed by atoms with E-state index in [-0.39, 0.29) is 5.97 Å². The SMILES string of the molecule is CCCCCCCC/C=C/CCCCCCCOC(=O)CNC. The van der Waals surface area contributed by atoms with Crippen LogP contribution in [0.15, 0.2) is 12.2 Å². The molecule has 0 aromatic carbocycles. The number of likely N-dealkylation sites (N-methyl/N-ethyl adjacent to an activating group) is 1. The lowest BCUT2D eigenvalue weighted by molar-refractivity contribution is -0.142. The number of unbranched alkanes of at least 4 members (excludes halogenated alkanes) is 11. The quantitative estimate of drug-likeness (QED) is 0.221. The molecule has 0 bridgehead atoms. The standard InChI is InChI=1S/C20H39NO2/c1-3-4-5-6-7-8-9-10-11-12-13-14-15-16-17-18-23-20(22)19-21-2/h10-11,21H,3-9,12-19H2,1-2H3/b11-10+. The van der Waals surface area contributed by atoms with Crippen LogP contribution in [0.3, 0.4) is 0 Å². The van der Waals surface area contributed by atoms with Gasteiger partial charge in [0.1, 0.15) is 0 Å². The van der Waals surface area contributed by atoms with E-state index < -0.39 is 0 Å². The summed E-state index contributed by atoms with van der Waals surface area (Å²) in [5, 5.41) is 2.79. The highest BCUT2D eigenvalue weighted by Gasteiger charge is 1.99. The molecule has 0 rings (SSSR count). The number of rotatable bonds is 17. The second kappa shape index (κ2) is 19.2. The van der Waals surface area contributed by atoms with E-state index in [4.69, 9.17) is 4.74 Å². The van der Waals surface area contributed by atoms with Crippen LogP contribution in [0, 0.1) is 0 Å². The zero-order valence-electron chi connectivity index (χ0n) is 15.6. The van der Waals surface area contributed by atoms with Crippen molar-refractivity contribution in [2.45, 2.75) is 90.4 Å². The Morgan fingerprint density at radius 1 is 0.826 bits per heavy atom. The van der Waals surface area contributed by atoms with Gasteiger partial charge in [0.05, 0.1) is 13.2 Å². The fourth-order valence-electron chi connectivity index (χ4n) is 2.55. The third kappa shape index (κ3) is 19.1. The Labute approximate surface area is 144 Å². The molecule has 0 saturated carbocycles. The fraction of sp³-hybridized carbons (Fsp3) is 0.850. The first-order valence-electron chi connectivity index (χ1n) is 9.76. The summed E-state index contributed by atoms with van der Waals surface area (Å²) in [6, 6.07) is 0. The number of hydrogen-bond acceptors (Lipinski definition) is 3. The molecule has 3 nitrogen and oxygen atoms in total. The van der Waals surface area contributed by atoms with Gasteiger partial charge in [0, 0.05) is 0 Å². The second-order valence-electron chi connectivity index (χ2n) is 6.34. The summed E-state index contributed by atoms with van der Waals surface area (Å²) in [5.41, 5.74) is 0. The first kappa shape index (κ1) is 22.2. The van der Waals surface area contributed by atoms with E-state index in [0.717, 1.165) is 12.8 Å². The Morgan fingerprint density at radius 2 is 1.35 bits per heavy atom. The first-order valence-corrected chi connectivity index (χ1v) is 9.76. The number of esters is 1. The van der Waals surface area contributed by atoms with Crippen LogP contribution in [0.1, 0.15) is 90.4 Å². The van der Waals surface area contributed by atoms with Gasteiger partial charge in [-0.25, -0.2) is 0 Å². The highest BCUT2D eigenvalue weighted by molar-refractivity contribution is 5.71.